The summed E-state index contributed by atoms with van der Waals surface area (Å²) < 4.78 is 16.7. The van der Waals surface area contributed by atoms with Crippen molar-refractivity contribution in [3.63, 3.8) is 0 Å². The first kappa shape index (κ1) is 18.9. The fourth-order valence-electron chi connectivity index (χ4n) is 4.20. The lowest BCUT2D eigenvalue weighted by Crippen LogP contribution is -2.27. The number of anilines is 1. The number of amides is 1. The summed E-state index contributed by atoms with van der Waals surface area (Å²) in [4.78, 5) is 19.5. The predicted molar refractivity (Wildman–Crippen MR) is 111 cm³/mol. The number of carbonyl (C=O) groups is 1. The Labute approximate surface area is 174 Å². The quantitative estimate of drug-likeness (QED) is 0.724. The van der Waals surface area contributed by atoms with Gasteiger partial charge in [0, 0.05) is 26.1 Å². The van der Waals surface area contributed by atoms with Crippen LogP contribution in [-0.4, -0.2) is 44.1 Å². The molecule has 8 heteroatoms. The number of carbonyl (C=O) groups excluding carboxylic acids is 1. The van der Waals surface area contributed by atoms with E-state index in [1.807, 2.05) is 13.1 Å². The lowest BCUT2D eigenvalue weighted by Gasteiger charge is -2.25. The average molecular weight is 406 g/mol. The topological polar surface area (TPSA) is 75.9 Å². The molecule has 5 rings (SSSR count). The maximum atomic E-state index is 14.6. The van der Waals surface area contributed by atoms with Gasteiger partial charge < -0.3 is 14.8 Å². The number of hydrogen-bond acceptors (Lipinski definition) is 5. The molecule has 0 saturated heterocycles. The molecule has 0 aliphatic carbocycles. The van der Waals surface area contributed by atoms with Crippen molar-refractivity contribution in [2.75, 3.05) is 18.9 Å². The maximum Gasteiger partial charge on any atom is 0.259 e. The molecule has 154 valence electrons. The second kappa shape index (κ2) is 7.60. The van der Waals surface area contributed by atoms with Crippen LogP contribution in [0.3, 0.4) is 0 Å². The summed E-state index contributed by atoms with van der Waals surface area (Å²) in [5, 5.41) is 11.3. The zero-order valence-corrected chi connectivity index (χ0v) is 16.9. The normalized spacial score (nSPS) is 16.1. The molecule has 0 unspecified atom stereocenters. The molecule has 2 aromatic heterocycles. The van der Waals surface area contributed by atoms with Crippen molar-refractivity contribution in [3.8, 4) is 11.5 Å². The van der Waals surface area contributed by atoms with Crippen molar-refractivity contribution in [1.29, 1.82) is 0 Å². The fraction of sp³-hybridized carbons (Fsp3) is 0.364. The zero-order chi connectivity index (χ0) is 20.7. The number of likely N-dealkylation sites (N-methyl/N-ethyl adjacent to an activating group) is 1. The largest absolute Gasteiger partial charge is 0.310 e. The molecule has 3 aromatic rings. The Balaban J connectivity index is 1.40. The van der Waals surface area contributed by atoms with Crippen molar-refractivity contribution < 1.29 is 9.18 Å². The van der Waals surface area contributed by atoms with Crippen LogP contribution in [-0.2, 0) is 25.9 Å². The predicted octanol–water partition coefficient (Wildman–Crippen LogP) is 3.06. The van der Waals surface area contributed by atoms with E-state index < -0.39 is 11.7 Å². The van der Waals surface area contributed by atoms with E-state index in [2.05, 4.69) is 30.0 Å². The molecule has 0 radical (unpaired) electrons. The number of nitrogens with zero attached hydrogens (tertiary/aromatic N) is 5. The third-order valence-corrected chi connectivity index (χ3v) is 5.82. The van der Waals surface area contributed by atoms with Gasteiger partial charge in [-0.2, -0.15) is 0 Å². The van der Waals surface area contributed by atoms with E-state index in [-0.39, 0.29) is 5.56 Å². The third-order valence-electron chi connectivity index (χ3n) is 5.82. The van der Waals surface area contributed by atoms with Gasteiger partial charge in [0.05, 0.1) is 5.56 Å². The van der Waals surface area contributed by atoms with E-state index >= 15 is 0 Å². The number of nitrogens with one attached hydrogen (secondary N) is 1. The summed E-state index contributed by atoms with van der Waals surface area (Å²) in [6.07, 6.45) is 3.90. The molecule has 4 heterocycles. The highest BCUT2D eigenvalue weighted by Gasteiger charge is 2.21. The van der Waals surface area contributed by atoms with Crippen LogP contribution in [0.15, 0.2) is 30.3 Å². The molecule has 0 fully saturated rings. The van der Waals surface area contributed by atoms with Gasteiger partial charge in [-0.25, -0.2) is 9.37 Å². The van der Waals surface area contributed by atoms with Gasteiger partial charge in [0.1, 0.15) is 23.2 Å². The first-order valence-corrected chi connectivity index (χ1v) is 10.3. The van der Waals surface area contributed by atoms with Crippen LogP contribution in [0.1, 0.15) is 40.2 Å². The number of benzene rings is 1. The summed E-state index contributed by atoms with van der Waals surface area (Å²) in [5.74, 6) is 1.02. The van der Waals surface area contributed by atoms with Crippen molar-refractivity contribution in [3.05, 3.63) is 58.7 Å². The fourth-order valence-corrected chi connectivity index (χ4v) is 4.20. The lowest BCUT2D eigenvalue weighted by atomic mass is 9.97. The minimum absolute atomic E-state index is 0.0381. The number of halogens is 1. The van der Waals surface area contributed by atoms with E-state index in [4.69, 9.17) is 0 Å². The molecule has 30 heavy (non-hydrogen) atoms. The van der Waals surface area contributed by atoms with Crippen molar-refractivity contribution in [2.45, 2.75) is 38.8 Å². The molecular formula is C22H23FN6O. The smallest absolute Gasteiger partial charge is 0.259 e. The first-order chi connectivity index (χ1) is 14.6. The molecule has 2 aliphatic rings. The summed E-state index contributed by atoms with van der Waals surface area (Å²) in [6, 6.07) is 8.49. The summed E-state index contributed by atoms with van der Waals surface area (Å²) >= 11 is 0. The van der Waals surface area contributed by atoms with E-state index in [1.165, 1.54) is 6.07 Å². The molecule has 0 saturated carbocycles. The van der Waals surface area contributed by atoms with Crippen LogP contribution in [0.5, 0.6) is 0 Å². The Morgan fingerprint density at radius 1 is 1.10 bits per heavy atom. The van der Waals surface area contributed by atoms with Crippen LogP contribution >= 0.6 is 0 Å². The van der Waals surface area contributed by atoms with Crippen LogP contribution in [0.2, 0.25) is 0 Å². The van der Waals surface area contributed by atoms with Crippen LogP contribution in [0.25, 0.3) is 11.5 Å². The van der Waals surface area contributed by atoms with Gasteiger partial charge in [-0.3, -0.25) is 4.79 Å². The number of pyridine rings is 1. The molecule has 0 spiro atoms. The van der Waals surface area contributed by atoms with E-state index in [1.54, 1.807) is 18.2 Å². The number of aromatic nitrogens is 4. The molecule has 1 N–H and O–H groups in total. The first-order valence-electron chi connectivity index (χ1n) is 10.3. The van der Waals surface area contributed by atoms with Crippen molar-refractivity contribution in [1.82, 2.24) is 24.6 Å². The summed E-state index contributed by atoms with van der Waals surface area (Å²) in [6.45, 7) is 2.47. The maximum absolute atomic E-state index is 14.6. The molecule has 7 nitrogen and oxygen atoms in total. The average Bonchev–Trinajstić information content (AvgIpc) is 3.18. The minimum Gasteiger partial charge on any atom is -0.310 e. The molecule has 2 aliphatic heterocycles. The van der Waals surface area contributed by atoms with Gasteiger partial charge in [-0.15, -0.1) is 10.2 Å². The molecule has 0 atom stereocenters. The summed E-state index contributed by atoms with van der Waals surface area (Å²) in [7, 11) is 2.02. The molecule has 1 amide bonds. The lowest BCUT2D eigenvalue weighted by molar-refractivity contribution is 0.102. The van der Waals surface area contributed by atoms with Gasteiger partial charge >= 0.3 is 0 Å². The Morgan fingerprint density at radius 3 is 2.90 bits per heavy atom. The number of hydrogen-bond donors (Lipinski definition) is 1. The van der Waals surface area contributed by atoms with Crippen molar-refractivity contribution >= 4 is 11.7 Å². The Morgan fingerprint density at radius 2 is 2.00 bits per heavy atom. The van der Waals surface area contributed by atoms with Gasteiger partial charge in [0.15, 0.2) is 5.82 Å². The number of rotatable bonds is 3. The molecule has 0 bridgehead atoms. The third kappa shape index (κ3) is 3.47. The molecule has 1 aromatic carbocycles. The second-order valence-corrected chi connectivity index (χ2v) is 8.00. The highest BCUT2D eigenvalue weighted by molar-refractivity contribution is 6.04. The minimum atomic E-state index is -0.503. The van der Waals surface area contributed by atoms with E-state index in [0.29, 0.717) is 23.9 Å². The Hall–Kier alpha value is -3.13. The second-order valence-electron chi connectivity index (χ2n) is 8.00. The van der Waals surface area contributed by atoms with Crippen LogP contribution in [0.4, 0.5) is 10.2 Å². The van der Waals surface area contributed by atoms with Crippen LogP contribution < -0.4 is 5.32 Å². The standard InChI is InChI=1S/C22H23FN6O/c1-28-10-8-14-12-17(23)16(11-15(14)13-28)22(30)25-19-6-4-5-18(24-19)21-27-26-20-7-2-3-9-29(20)21/h4-6,11-12H,2-3,7-10,13H2,1H3,(H,24,25,30). The van der Waals surface area contributed by atoms with E-state index in [9.17, 15) is 9.18 Å². The highest BCUT2D eigenvalue weighted by Crippen LogP contribution is 2.24. The zero-order valence-electron chi connectivity index (χ0n) is 16.9. The monoisotopic (exact) mass is 406 g/mol. The van der Waals surface area contributed by atoms with Gasteiger partial charge in [-0.1, -0.05) is 6.07 Å². The summed E-state index contributed by atoms with van der Waals surface area (Å²) in [5.41, 5.74) is 2.64. The molecular weight excluding hydrogens is 383 g/mol. The van der Waals surface area contributed by atoms with E-state index in [0.717, 1.165) is 55.7 Å². The van der Waals surface area contributed by atoms with Gasteiger partial charge in [0.25, 0.3) is 5.91 Å². The van der Waals surface area contributed by atoms with Crippen molar-refractivity contribution in [2.24, 2.45) is 0 Å². The Bertz CT molecular complexity index is 1120. The Kier molecular flexibility index (Phi) is 4.78. The number of aryl methyl sites for hydroxylation is 1. The SMILES string of the molecule is CN1CCc2cc(F)c(C(=O)Nc3cccc(-c4nnc5n4CCCC5)n3)cc2C1. The number of fused-ring (bicyclic) bond motifs is 2. The van der Waals surface area contributed by atoms with Crippen LogP contribution in [0, 0.1) is 5.82 Å². The van der Waals surface area contributed by atoms with Gasteiger partial charge in [-0.05, 0) is 61.7 Å². The van der Waals surface area contributed by atoms with Gasteiger partial charge in [0.2, 0.25) is 0 Å². The highest BCUT2D eigenvalue weighted by atomic mass is 19.1.